The monoisotopic (exact) mass is 501 g/mol. The standard InChI is InChI=1S/C28H26N2O5S/c1-35-19-10-8-17(9-11-19)18-15-21-27(23(31)16-18)28(24-7-4-14-36-24)30(25(32)12-13-26(33)34)22-6-3-2-5-20(22)29-21/h2-11,14,18,28-29H,12-13,15-16H2,1H3,(H,33,34)/p-1. The van der Waals surface area contributed by atoms with Crippen molar-refractivity contribution in [2.75, 3.05) is 17.3 Å². The molecule has 0 bridgehead atoms. The van der Waals surface area contributed by atoms with Crippen LogP contribution in [-0.4, -0.2) is 24.8 Å². The Morgan fingerprint density at radius 1 is 1.06 bits per heavy atom. The quantitative estimate of drug-likeness (QED) is 0.544. The van der Waals surface area contributed by atoms with Gasteiger partial charge in [0.05, 0.1) is 18.5 Å². The molecule has 2 heterocycles. The average molecular weight is 502 g/mol. The minimum atomic E-state index is -1.28. The summed E-state index contributed by atoms with van der Waals surface area (Å²) in [5, 5.41) is 16.5. The molecule has 1 amide bonds. The number of carbonyl (C=O) groups excluding carboxylic acids is 3. The number of carbonyl (C=O) groups is 3. The molecule has 1 aliphatic heterocycles. The number of nitrogens with one attached hydrogen (secondary N) is 1. The van der Waals surface area contributed by atoms with Crippen LogP contribution in [0.2, 0.25) is 0 Å². The number of allylic oxidation sites excluding steroid dienone is 1. The number of hydrogen-bond donors (Lipinski definition) is 1. The summed E-state index contributed by atoms with van der Waals surface area (Å²) in [5.74, 6) is -0.954. The third kappa shape index (κ3) is 4.52. The first-order valence-electron chi connectivity index (χ1n) is 11.8. The Balaban J connectivity index is 1.62. The summed E-state index contributed by atoms with van der Waals surface area (Å²) in [5.41, 5.74) is 3.70. The topological polar surface area (TPSA) is 98.8 Å². The number of ether oxygens (including phenoxy) is 1. The Kier molecular flexibility index (Phi) is 6.61. The van der Waals surface area contributed by atoms with Crippen molar-refractivity contribution >= 4 is 40.4 Å². The molecule has 2 unspecified atom stereocenters. The van der Waals surface area contributed by atoms with E-state index in [4.69, 9.17) is 4.74 Å². The molecule has 2 aromatic carbocycles. The fourth-order valence-electron chi connectivity index (χ4n) is 5.02. The number of nitrogens with zero attached hydrogens (tertiary/aromatic N) is 1. The van der Waals surface area contributed by atoms with E-state index in [2.05, 4.69) is 5.32 Å². The third-order valence-electron chi connectivity index (χ3n) is 6.70. The number of aliphatic carboxylic acids is 1. The minimum Gasteiger partial charge on any atom is -0.550 e. The highest BCUT2D eigenvalue weighted by Crippen LogP contribution is 2.48. The fourth-order valence-corrected chi connectivity index (χ4v) is 5.85. The van der Waals surface area contributed by atoms with Crippen LogP contribution >= 0.6 is 11.3 Å². The first-order valence-corrected chi connectivity index (χ1v) is 12.7. The number of thiophene rings is 1. The molecule has 0 fully saturated rings. The molecule has 0 radical (unpaired) electrons. The lowest BCUT2D eigenvalue weighted by Crippen LogP contribution is -2.38. The number of anilines is 2. The minimum absolute atomic E-state index is 0.0221. The van der Waals surface area contributed by atoms with Crippen molar-refractivity contribution < 1.29 is 24.2 Å². The summed E-state index contributed by atoms with van der Waals surface area (Å²) < 4.78 is 5.28. The Labute approximate surface area is 213 Å². The van der Waals surface area contributed by atoms with Crippen LogP contribution in [0.4, 0.5) is 11.4 Å². The first-order chi connectivity index (χ1) is 17.5. The smallest absolute Gasteiger partial charge is 0.228 e. The van der Waals surface area contributed by atoms with Gasteiger partial charge in [0.15, 0.2) is 5.78 Å². The molecule has 7 nitrogen and oxygen atoms in total. The van der Waals surface area contributed by atoms with Crippen molar-refractivity contribution in [2.45, 2.75) is 37.6 Å². The van der Waals surface area contributed by atoms with Crippen LogP contribution in [0.1, 0.15) is 48.1 Å². The van der Waals surface area contributed by atoms with Gasteiger partial charge in [-0.1, -0.05) is 30.3 Å². The number of rotatable bonds is 6. The van der Waals surface area contributed by atoms with E-state index in [1.54, 1.807) is 12.0 Å². The van der Waals surface area contributed by atoms with Crippen LogP contribution in [-0.2, 0) is 14.4 Å². The maximum absolute atomic E-state index is 13.8. The molecule has 8 heteroatoms. The van der Waals surface area contributed by atoms with E-state index in [0.717, 1.165) is 21.9 Å². The molecule has 0 spiro atoms. The van der Waals surface area contributed by atoms with E-state index < -0.39 is 12.0 Å². The van der Waals surface area contributed by atoms with E-state index in [1.165, 1.54) is 11.3 Å². The molecule has 5 rings (SSSR count). The van der Waals surface area contributed by atoms with Crippen LogP contribution in [0.3, 0.4) is 0 Å². The molecule has 1 aliphatic carbocycles. The fraction of sp³-hybridized carbons (Fsp3) is 0.250. The van der Waals surface area contributed by atoms with Crippen LogP contribution in [0, 0.1) is 0 Å². The zero-order valence-electron chi connectivity index (χ0n) is 19.7. The molecule has 184 valence electrons. The highest BCUT2D eigenvalue weighted by molar-refractivity contribution is 7.10. The number of hydrogen-bond acceptors (Lipinski definition) is 7. The third-order valence-corrected chi connectivity index (χ3v) is 7.62. The number of carboxylic acids is 1. The van der Waals surface area contributed by atoms with Gasteiger partial charge in [0.2, 0.25) is 5.91 Å². The van der Waals surface area contributed by atoms with Gasteiger partial charge in [-0.25, -0.2) is 0 Å². The van der Waals surface area contributed by atoms with Gasteiger partial charge in [-0.05, 0) is 60.0 Å². The average Bonchev–Trinajstić information content (AvgIpc) is 3.36. The van der Waals surface area contributed by atoms with Crippen LogP contribution in [0.25, 0.3) is 0 Å². The van der Waals surface area contributed by atoms with E-state index in [1.807, 2.05) is 66.0 Å². The molecule has 0 saturated carbocycles. The highest BCUT2D eigenvalue weighted by atomic mass is 32.1. The molecule has 2 aliphatic rings. The molecule has 0 saturated heterocycles. The van der Waals surface area contributed by atoms with Gasteiger partial charge >= 0.3 is 0 Å². The van der Waals surface area contributed by atoms with Crippen LogP contribution < -0.4 is 20.1 Å². The summed E-state index contributed by atoms with van der Waals surface area (Å²) in [6.45, 7) is 0. The Morgan fingerprint density at radius 3 is 2.53 bits per heavy atom. The summed E-state index contributed by atoms with van der Waals surface area (Å²) in [6, 6.07) is 18.3. The number of benzene rings is 2. The van der Waals surface area contributed by atoms with E-state index in [9.17, 15) is 19.5 Å². The van der Waals surface area contributed by atoms with Gasteiger partial charge in [0, 0.05) is 35.0 Å². The molecular weight excluding hydrogens is 476 g/mol. The van der Waals surface area contributed by atoms with Crippen molar-refractivity contribution in [3.05, 3.63) is 87.8 Å². The maximum atomic E-state index is 13.8. The lowest BCUT2D eigenvalue weighted by Gasteiger charge is -2.34. The lowest BCUT2D eigenvalue weighted by molar-refractivity contribution is -0.305. The van der Waals surface area contributed by atoms with Crippen molar-refractivity contribution in [3.63, 3.8) is 0 Å². The Bertz CT molecular complexity index is 1330. The Morgan fingerprint density at radius 2 is 1.83 bits per heavy atom. The lowest BCUT2D eigenvalue weighted by atomic mass is 9.79. The number of para-hydroxylation sites is 2. The van der Waals surface area contributed by atoms with Gasteiger partial charge in [-0.3, -0.25) is 14.5 Å². The molecular formula is C28H25N2O5S-. The Hall–Kier alpha value is -3.91. The van der Waals surface area contributed by atoms with Crippen molar-refractivity contribution in [3.8, 4) is 5.75 Å². The number of ketones is 1. The SMILES string of the molecule is COc1ccc(C2CC(=O)C3=C(C2)Nc2ccccc2N(C(=O)CCC(=O)[O-])C3c2cccs2)cc1. The zero-order chi connectivity index (χ0) is 25.2. The molecule has 2 atom stereocenters. The largest absolute Gasteiger partial charge is 0.550 e. The van der Waals surface area contributed by atoms with E-state index >= 15 is 0 Å². The molecule has 1 N–H and O–H groups in total. The van der Waals surface area contributed by atoms with Gasteiger partial charge in [0.1, 0.15) is 11.8 Å². The van der Waals surface area contributed by atoms with Crippen LogP contribution in [0.5, 0.6) is 5.75 Å². The van der Waals surface area contributed by atoms with Crippen molar-refractivity contribution in [1.82, 2.24) is 0 Å². The van der Waals surface area contributed by atoms with Crippen LogP contribution in [0.15, 0.2) is 77.3 Å². The van der Waals surface area contributed by atoms with Gasteiger partial charge in [0.25, 0.3) is 0 Å². The molecule has 1 aromatic heterocycles. The second-order valence-corrected chi connectivity index (χ2v) is 9.87. The molecule has 36 heavy (non-hydrogen) atoms. The van der Waals surface area contributed by atoms with Gasteiger partial charge < -0.3 is 20.0 Å². The first kappa shape index (κ1) is 23.8. The predicted octanol–water partition coefficient (Wildman–Crippen LogP) is 4.19. The summed E-state index contributed by atoms with van der Waals surface area (Å²) in [7, 11) is 1.62. The van der Waals surface area contributed by atoms with Crippen molar-refractivity contribution in [2.24, 2.45) is 0 Å². The maximum Gasteiger partial charge on any atom is 0.228 e. The zero-order valence-corrected chi connectivity index (χ0v) is 20.5. The summed E-state index contributed by atoms with van der Waals surface area (Å²) in [6.07, 6.45) is 0.308. The summed E-state index contributed by atoms with van der Waals surface area (Å²) >= 11 is 1.47. The number of Topliss-reactive ketones (excluding diaryl/α,β-unsaturated/α-hetero) is 1. The number of carboxylic acid groups (broad SMARTS) is 1. The number of methoxy groups -OCH3 is 1. The number of amides is 1. The normalized spacial score (nSPS) is 19.1. The van der Waals surface area contributed by atoms with Crippen molar-refractivity contribution in [1.29, 1.82) is 0 Å². The number of fused-ring (bicyclic) bond motifs is 1. The van der Waals surface area contributed by atoms with Gasteiger partial charge in [-0.15, -0.1) is 11.3 Å². The summed E-state index contributed by atoms with van der Waals surface area (Å²) in [4.78, 5) is 40.9. The predicted molar refractivity (Wildman–Crippen MR) is 136 cm³/mol. The second kappa shape index (κ2) is 9.99. The van der Waals surface area contributed by atoms with E-state index in [-0.39, 0.29) is 30.4 Å². The second-order valence-electron chi connectivity index (χ2n) is 8.89. The van der Waals surface area contributed by atoms with E-state index in [0.29, 0.717) is 29.8 Å². The highest BCUT2D eigenvalue weighted by Gasteiger charge is 2.41. The van der Waals surface area contributed by atoms with Gasteiger partial charge in [-0.2, -0.15) is 0 Å². The molecule has 3 aromatic rings.